The van der Waals surface area contributed by atoms with E-state index in [2.05, 4.69) is 5.32 Å². The van der Waals surface area contributed by atoms with Crippen molar-refractivity contribution in [3.8, 4) is 0 Å². The zero-order valence-corrected chi connectivity index (χ0v) is 12.6. The summed E-state index contributed by atoms with van der Waals surface area (Å²) in [5, 5.41) is 12.1. The van der Waals surface area contributed by atoms with Crippen molar-refractivity contribution in [2.24, 2.45) is 0 Å². The number of aliphatic carboxylic acids is 1. The van der Waals surface area contributed by atoms with E-state index < -0.39 is 5.97 Å². The van der Waals surface area contributed by atoms with Crippen molar-refractivity contribution in [2.45, 2.75) is 33.2 Å². The highest BCUT2D eigenvalue weighted by molar-refractivity contribution is 6.31. The Kier molecular flexibility index (Phi) is 5.82. The molecule has 1 aromatic rings. The maximum Gasteiger partial charge on any atom is 0.322 e. The van der Waals surface area contributed by atoms with Crippen LogP contribution in [0.25, 0.3) is 0 Å². The molecule has 0 saturated heterocycles. The molecular formula is C14H19ClN2O3. The zero-order valence-electron chi connectivity index (χ0n) is 11.8. The standard InChI is InChI=1S/C14H19ClN2O3/c1-4-17(9(2)8-13(18)19)14(20)16-12-7-5-6-11(15)10(12)3/h5-7,9H,4,8H2,1-3H3,(H,16,20)(H,18,19). The number of benzene rings is 1. The lowest BCUT2D eigenvalue weighted by Crippen LogP contribution is -2.42. The van der Waals surface area contributed by atoms with Gasteiger partial charge in [-0.2, -0.15) is 0 Å². The Morgan fingerprint density at radius 3 is 2.65 bits per heavy atom. The van der Waals surface area contributed by atoms with E-state index in [1.54, 1.807) is 25.1 Å². The molecular weight excluding hydrogens is 280 g/mol. The molecule has 6 heteroatoms. The molecule has 110 valence electrons. The SMILES string of the molecule is CCN(C(=O)Nc1cccc(Cl)c1C)C(C)CC(=O)O. The number of nitrogens with zero attached hydrogens (tertiary/aromatic N) is 1. The Balaban J connectivity index is 2.82. The second kappa shape index (κ2) is 7.14. The van der Waals surface area contributed by atoms with Crippen LogP contribution in [-0.2, 0) is 4.79 Å². The highest BCUT2D eigenvalue weighted by Gasteiger charge is 2.21. The fraction of sp³-hybridized carbons (Fsp3) is 0.429. The van der Waals surface area contributed by atoms with Gasteiger partial charge in [0.15, 0.2) is 0 Å². The third-order valence-electron chi connectivity index (χ3n) is 3.11. The summed E-state index contributed by atoms with van der Waals surface area (Å²) >= 11 is 6.00. The summed E-state index contributed by atoms with van der Waals surface area (Å²) in [4.78, 5) is 24.4. The summed E-state index contributed by atoms with van der Waals surface area (Å²) in [7, 11) is 0. The minimum Gasteiger partial charge on any atom is -0.481 e. The number of urea groups is 1. The average molecular weight is 299 g/mol. The van der Waals surface area contributed by atoms with E-state index in [-0.39, 0.29) is 18.5 Å². The summed E-state index contributed by atoms with van der Waals surface area (Å²) in [6.45, 7) is 5.76. The molecule has 1 unspecified atom stereocenters. The highest BCUT2D eigenvalue weighted by Crippen LogP contribution is 2.23. The molecule has 2 amide bonds. The van der Waals surface area contributed by atoms with E-state index >= 15 is 0 Å². The van der Waals surface area contributed by atoms with Crippen molar-refractivity contribution in [3.63, 3.8) is 0 Å². The van der Waals surface area contributed by atoms with Crippen molar-refractivity contribution in [3.05, 3.63) is 28.8 Å². The van der Waals surface area contributed by atoms with Crippen LogP contribution < -0.4 is 5.32 Å². The molecule has 1 rings (SSSR count). The Morgan fingerprint density at radius 2 is 2.10 bits per heavy atom. The van der Waals surface area contributed by atoms with Crippen LogP contribution in [0.3, 0.4) is 0 Å². The summed E-state index contributed by atoms with van der Waals surface area (Å²) in [6, 6.07) is 4.55. The van der Waals surface area contributed by atoms with Gasteiger partial charge in [-0.1, -0.05) is 17.7 Å². The van der Waals surface area contributed by atoms with Gasteiger partial charge >= 0.3 is 12.0 Å². The lowest BCUT2D eigenvalue weighted by molar-refractivity contribution is -0.137. The molecule has 0 aromatic heterocycles. The van der Waals surface area contributed by atoms with Crippen LogP contribution in [-0.4, -0.2) is 34.6 Å². The van der Waals surface area contributed by atoms with Crippen LogP contribution in [0.1, 0.15) is 25.8 Å². The van der Waals surface area contributed by atoms with Crippen LogP contribution in [0.15, 0.2) is 18.2 Å². The van der Waals surface area contributed by atoms with Crippen LogP contribution in [0.2, 0.25) is 5.02 Å². The largest absolute Gasteiger partial charge is 0.481 e. The third-order valence-corrected chi connectivity index (χ3v) is 3.52. The quantitative estimate of drug-likeness (QED) is 0.875. The number of hydrogen-bond acceptors (Lipinski definition) is 2. The number of carbonyl (C=O) groups is 2. The molecule has 0 aliphatic rings. The lowest BCUT2D eigenvalue weighted by Gasteiger charge is -2.27. The van der Waals surface area contributed by atoms with E-state index in [1.165, 1.54) is 4.90 Å². The van der Waals surface area contributed by atoms with Gasteiger partial charge in [-0.15, -0.1) is 0 Å². The van der Waals surface area contributed by atoms with Crippen LogP contribution in [0.4, 0.5) is 10.5 Å². The van der Waals surface area contributed by atoms with Crippen molar-refractivity contribution < 1.29 is 14.7 Å². The lowest BCUT2D eigenvalue weighted by atomic mass is 10.2. The molecule has 2 N–H and O–H groups in total. The maximum atomic E-state index is 12.2. The second-order valence-electron chi connectivity index (χ2n) is 4.58. The Morgan fingerprint density at radius 1 is 1.45 bits per heavy atom. The van der Waals surface area contributed by atoms with Gasteiger partial charge in [0, 0.05) is 23.3 Å². The Hall–Kier alpha value is -1.75. The molecule has 1 aromatic carbocycles. The second-order valence-corrected chi connectivity index (χ2v) is 4.98. The molecule has 0 saturated carbocycles. The van der Waals surface area contributed by atoms with Gasteiger partial charge in [0.25, 0.3) is 0 Å². The predicted octanol–water partition coefficient (Wildman–Crippen LogP) is 3.37. The molecule has 0 bridgehead atoms. The first-order valence-electron chi connectivity index (χ1n) is 6.41. The number of rotatable bonds is 5. The first-order valence-corrected chi connectivity index (χ1v) is 6.79. The first-order chi connectivity index (χ1) is 9.36. The summed E-state index contributed by atoms with van der Waals surface area (Å²) in [5.41, 5.74) is 1.41. The van der Waals surface area contributed by atoms with Crippen molar-refractivity contribution >= 4 is 29.3 Å². The number of halogens is 1. The maximum absolute atomic E-state index is 12.2. The van der Waals surface area contributed by atoms with Gasteiger partial charge in [0.2, 0.25) is 0 Å². The number of hydrogen-bond donors (Lipinski definition) is 2. The normalized spacial score (nSPS) is 11.8. The van der Waals surface area contributed by atoms with Crippen LogP contribution in [0.5, 0.6) is 0 Å². The zero-order chi connectivity index (χ0) is 15.3. The predicted molar refractivity (Wildman–Crippen MR) is 79.3 cm³/mol. The van der Waals surface area contributed by atoms with E-state index in [0.717, 1.165) is 5.56 Å². The van der Waals surface area contributed by atoms with Gasteiger partial charge in [-0.3, -0.25) is 4.79 Å². The van der Waals surface area contributed by atoms with Gasteiger partial charge in [-0.05, 0) is 38.5 Å². The molecule has 0 fully saturated rings. The summed E-state index contributed by atoms with van der Waals surface area (Å²) in [5.74, 6) is -0.928. The van der Waals surface area contributed by atoms with Crippen molar-refractivity contribution in [1.29, 1.82) is 0 Å². The molecule has 0 aliphatic heterocycles. The minimum atomic E-state index is -0.928. The van der Waals surface area contributed by atoms with Gasteiger partial charge in [-0.25, -0.2) is 4.79 Å². The van der Waals surface area contributed by atoms with E-state index in [0.29, 0.717) is 17.3 Å². The smallest absolute Gasteiger partial charge is 0.322 e. The fourth-order valence-corrected chi connectivity index (χ4v) is 2.12. The van der Waals surface area contributed by atoms with E-state index in [4.69, 9.17) is 16.7 Å². The molecule has 0 radical (unpaired) electrons. The molecule has 5 nitrogen and oxygen atoms in total. The van der Waals surface area contributed by atoms with Crippen molar-refractivity contribution in [2.75, 3.05) is 11.9 Å². The Bertz CT molecular complexity index is 505. The van der Waals surface area contributed by atoms with Crippen molar-refractivity contribution in [1.82, 2.24) is 4.90 Å². The Labute approximate surface area is 123 Å². The topological polar surface area (TPSA) is 69.6 Å². The fourth-order valence-electron chi connectivity index (χ4n) is 1.95. The van der Waals surface area contributed by atoms with E-state index in [9.17, 15) is 9.59 Å². The van der Waals surface area contributed by atoms with Crippen LogP contribution in [0, 0.1) is 6.92 Å². The van der Waals surface area contributed by atoms with Gasteiger partial charge in [0.05, 0.1) is 6.42 Å². The number of amides is 2. The molecule has 1 atom stereocenters. The number of carboxylic acids is 1. The monoisotopic (exact) mass is 298 g/mol. The molecule has 0 spiro atoms. The minimum absolute atomic E-state index is 0.0875. The molecule has 0 aliphatic carbocycles. The molecule has 20 heavy (non-hydrogen) atoms. The highest BCUT2D eigenvalue weighted by atomic mass is 35.5. The van der Waals surface area contributed by atoms with Crippen LogP contribution >= 0.6 is 11.6 Å². The molecule has 0 heterocycles. The average Bonchev–Trinajstić information content (AvgIpc) is 2.35. The first kappa shape index (κ1) is 16.3. The van der Waals surface area contributed by atoms with Gasteiger partial charge in [0.1, 0.15) is 0 Å². The number of anilines is 1. The number of nitrogens with one attached hydrogen (secondary N) is 1. The third kappa shape index (κ3) is 4.13. The van der Waals surface area contributed by atoms with E-state index in [1.807, 2.05) is 13.8 Å². The van der Waals surface area contributed by atoms with Gasteiger partial charge < -0.3 is 15.3 Å². The summed E-state index contributed by atoms with van der Waals surface area (Å²) in [6.07, 6.45) is -0.0875. The summed E-state index contributed by atoms with van der Waals surface area (Å²) < 4.78 is 0. The number of carboxylic acid groups (broad SMARTS) is 1. The number of carbonyl (C=O) groups excluding carboxylic acids is 1.